The lowest BCUT2D eigenvalue weighted by Gasteiger charge is -2.28. The predicted molar refractivity (Wildman–Crippen MR) is 86.1 cm³/mol. The van der Waals surface area contributed by atoms with Crippen LogP contribution in [0.15, 0.2) is 18.2 Å². The van der Waals surface area contributed by atoms with Gasteiger partial charge in [0.25, 0.3) is 0 Å². The highest BCUT2D eigenvalue weighted by Gasteiger charge is 2.38. The van der Waals surface area contributed by atoms with E-state index >= 15 is 0 Å². The van der Waals surface area contributed by atoms with Gasteiger partial charge in [-0.3, -0.25) is 0 Å². The maximum Gasteiger partial charge on any atom is 0.407 e. The van der Waals surface area contributed by atoms with Crippen LogP contribution in [0.3, 0.4) is 0 Å². The monoisotopic (exact) mass is 324 g/mol. The van der Waals surface area contributed by atoms with Crippen LogP contribution in [0.2, 0.25) is 0 Å². The predicted octanol–water partition coefficient (Wildman–Crippen LogP) is 2.80. The minimum Gasteiger partial charge on any atom is -0.465 e. The van der Waals surface area contributed by atoms with E-state index in [0.29, 0.717) is 13.2 Å². The lowest BCUT2D eigenvalue weighted by Crippen LogP contribution is -2.34. The Kier molecular flexibility index (Phi) is 6.36. The van der Waals surface area contributed by atoms with Crippen LogP contribution >= 0.6 is 0 Å². The SMILES string of the molecule is COCCCNC[C@@H]1CCN(C(=O)O)[C@H]1c1ccc(F)cc1C. The van der Waals surface area contributed by atoms with Crippen molar-refractivity contribution < 1.29 is 19.0 Å². The largest absolute Gasteiger partial charge is 0.465 e. The molecular formula is C17H25FN2O3. The smallest absolute Gasteiger partial charge is 0.407 e. The van der Waals surface area contributed by atoms with E-state index in [1.807, 2.05) is 6.92 Å². The Balaban J connectivity index is 2.10. The Morgan fingerprint density at radius 3 is 2.96 bits per heavy atom. The first kappa shape index (κ1) is 17.7. The molecule has 23 heavy (non-hydrogen) atoms. The first-order valence-electron chi connectivity index (χ1n) is 8.00. The van der Waals surface area contributed by atoms with Crippen molar-refractivity contribution in [3.63, 3.8) is 0 Å². The van der Waals surface area contributed by atoms with Crippen LogP contribution in [0.5, 0.6) is 0 Å². The van der Waals surface area contributed by atoms with E-state index in [0.717, 1.165) is 37.1 Å². The molecule has 1 saturated heterocycles. The van der Waals surface area contributed by atoms with Crippen molar-refractivity contribution in [1.82, 2.24) is 10.2 Å². The number of nitrogens with one attached hydrogen (secondary N) is 1. The number of hydrogen-bond donors (Lipinski definition) is 2. The van der Waals surface area contributed by atoms with Crippen molar-refractivity contribution in [2.45, 2.75) is 25.8 Å². The molecule has 6 heteroatoms. The number of halogens is 1. The Bertz CT molecular complexity index is 539. The Labute approximate surface area is 136 Å². The molecule has 1 aliphatic heterocycles. The van der Waals surface area contributed by atoms with E-state index in [1.165, 1.54) is 17.0 Å². The summed E-state index contributed by atoms with van der Waals surface area (Å²) in [5.41, 5.74) is 1.70. The number of aryl methyl sites for hydroxylation is 1. The summed E-state index contributed by atoms with van der Waals surface area (Å²) in [6.45, 7) is 4.64. The van der Waals surface area contributed by atoms with Gasteiger partial charge in [0, 0.05) is 26.8 Å². The van der Waals surface area contributed by atoms with Gasteiger partial charge in [0.2, 0.25) is 0 Å². The van der Waals surface area contributed by atoms with Crippen LogP contribution in [0.25, 0.3) is 0 Å². The van der Waals surface area contributed by atoms with Gasteiger partial charge in [-0.25, -0.2) is 9.18 Å². The topological polar surface area (TPSA) is 61.8 Å². The lowest BCUT2D eigenvalue weighted by atomic mass is 9.90. The molecule has 1 aliphatic rings. The molecule has 0 aromatic heterocycles. The second-order valence-electron chi connectivity index (χ2n) is 6.02. The van der Waals surface area contributed by atoms with Gasteiger partial charge in [-0.05, 0) is 55.5 Å². The number of carbonyl (C=O) groups is 1. The fourth-order valence-corrected chi connectivity index (χ4v) is 3.31. The third kappa shape index (κ3) is 4.42. The van der Waals surface area contributed by atoms with Gasteiger partial charge in [0.1, 0.15) is 5.82 Å². The Hall–Kier alpha value is -1.66. The van der Waals surface area contributed by atoms with E-state index < -0.39 is 6.09 Å². The fourth-order valence-electron chi connectivity index (χ4n) is 3.31. The van der Waals surface area contributed by atoms with Crippen molar-refractivity contribution in [3.05, 3.63) is 35.1 Å². The molecular weight excluding hydrogens is 299 g/mol. The van der Waals surface area contributed by atoms with Crippen molar-refractivity contribution in [2.24, 2.45) is 5.92 Å². The van der Waals surface area contributed by atoms with Crippen molar-refractivity contribution in [3.8, 4) is 0 Å². The summed E-state index contributed by atoms with van der Waals surface area (Å²) in [6, 6.07) is 4.37. The van der Waals surface area contributed by atoms with Gasteiger partial charge in [-0.2, -0.15) is 0 Å². The normalized spacial score (nSPS) is 20.9. The summed E-state index contributed by atoms with van der Waals surface area (Å²) in [5.74, 6) is -0.0989. The molecule has 0 radical (unpaired) electrons. The maximum atomic E-state index is 13.4. The second-order valence-corrected chi connectivity index (χ2v) is 6.02. The van der Waals surface area contributed by atoms with Crippen LogP contribution in [0.1, 0.15) is 30.0 Å². The second kappa shape index (κ2) is 8.26. The van der Waals surface area contributed by atoms with Crippen LogP contribution in [0, 0.1) is 18.7 Å². The number of carboxylic acid groups (broad SMARTS) is 1. The summed E-state index contributed by atoms with van der Waals surface area (Å²) in [5, 5.41) is 12.8. The zero-order chi connectivity index (χ0) is 16.8. The molecule has 2 N–H and O–H groups in total. The van der Waals surface area contributed by atoms with Crippen molar-refractivity contribution in [1.29, 1.82) is 0 Å². The summed E-state index contributed by atoms with van der Waals surface area (Å²) < 4.78 is 18.4. The summed E-state index contributed by atoms with van der Waals surface area (Å²) in [4.78, 5) is 13.0. The van der Waals surface area contributed by atoms with Crippen LogP contribution < -0.4 is 5.32 Å². The van der Waals surface area contributed by atoms with Gasteiger partial charge in [-0.15, -0.1) is 0 Å². The molecule has 1 aromatic carbocycles. The van der Waals surface area contributed by atoms with Crippen LogP contribution in [-0.4, -0.2) is 49.5 Å². The van der Waals surface area contributed by atoms with Crippen LogP contribution in [0.4, 0.5) is 9.18 Å². The molecule has 1 amide bonds. The Morgan fingerprint density at radius 2 is 2.30 bits per heavy atom. The molecule has 0 aliphatic carbocycles. The number of ether oxygens (including phenoxy) is 1. The van der Waals surface area contributed by atoms with E-state index in [-0.39, 0.29) is 17.8 Å². The Morgan fingerprint density at radius 1 is 1.52 bits per heavy atom. The molecule has 0 unspecified atom stereocenters. The first-order valence-corrected chi connectivity index (χ1v) is 8.00. The average Bonchev–Trinajstić information content (AvgIpc) is 2.91. The van der Waals surface area contributed by atoms with Gasteiger partial charge >= 0.3 is 6.09 Å². The minimum atomic E-state index is -0.916. The molecule has 0 saturated carbocycles. The number of methoxy groups -OCH3 is 1. The van der Waals surface area contributed by atoms with Crippen molar-refractivity contribution >= 4 is 6.09 Å². The number of amides is 1. The van der Waals surface area contributed by atoms with Crippen molar-refractivity contribution in [2.75, 3.05) is 33.4 Å². The highest BCUT2D eigenvalue weighted by Crippen LogP contribution is 2.38. The average molecular weight is 324 g/mol. The molecule has 128 valence electrons. The molecule has 5 nitrogen and oxygen atoms in total. The number of rotatable bonds is 7. The molecule has 2 rings (SSSR count). The lowest BCUT2D eigenvalue weighted by molar-refractivity contribution is 0.134. The minimum absolute atomic E-state index is 0.192. The zero-order valence-electron chi connectivity index (χ0n) is 13.7. The third-order valence-electron chi connectivity index (χ3n) is 4.43. The maximum absolute atomic E-state index is 13.4. The summed E-state index contributed by atoms with van der Waals surface area (Å²) in [7, 11) is 1.68. The zero-order valence-corrected chi connectivity index (χ0v) is 13.7. The molecule has 1 fully saturated rings. The fraction of sp³-hybridized carbons (Fsp3) is 0.588. The van der Waals surface area contributed by atoms with E-state index in [1.54, 1.807) is 13.2 Å². The molecule has 1 heterocycles. The van der Waals surface area contributed by atoms with Gasteiger partial charge in [0.15, 0.2) is 0 Å². The van der Waals surface area contributed by atoms with Gasteiger partial charge < -0.3 is 20.1 Å². The number of nitrogens with zero attached hydrogens (tertiary/aromatic N) is 1. The molecule has 1 aromatic rings. The van der Waals surface area contributed by atoms with E-state index in [4.69, 9.17) is 4.74 Å². The first-order chi connectivity index (χ1) is 11.0. The highest BCUT2D eigenvalue weighted by molar-refractivity contribution is 5.66. The standard InChI is InChI=1S/C17H25FN2O3/c1-12-10-14(18)4-5-15(12)16-13(6-8-20(16)17(21)22)11-19-7-3-9-23-2/h4-5,10,13,16,19H,3,6-9,11H2,1-2H3,(H,21,22)/t13-,16+/m0/s1. The quantitative estimate of drug-likeness (QED) is 0.757. The van der Waals surface area contributed by atoms with Gasteiger partial charge in [-0.1, -0.05) is 6.07 Å². The summed E-state index contributed by atoms with van der Waals surface area (Å²) in [6.07, 6.45) is 0.817. The molecule has 0 bridgehead atoms. The third-order valence-corrected chi connectivity index (χ3v) is 4.43. The number of likely N-dealkylation sites (tertiary alicyclic amines) is 1. The van der Waals surface area contributed by atoms with E-state index in [2.05, 4.69) is 5.32 Å². The van der Waals surface area contributed by atoms with Crippen LogP contribution in [-0.2, 0) is 4.74 Å². The van der Waals surface area contributed by atoms with E-state index in [9.17, 15) is 14.3 Å². The number of hydrogen-bond acceptors (Lipinski definition) is 3. The molecule has 0 spiro atoms. The molecule has 2 atom stereocenters. The number of benzene rings is 1. The summed E-state index contributed by atoms with van der Waals surface area (Å²) >= 11 is 0. The van der Waals surface area contributed by atoms with Gasteiger partial charge in [0.05, 0.1) is 6.04 Å². The highest BCUT2D eigenvalue weighted by atomic mass is 19.1.